The molecule has 1 aromatic carbocycles. The molecular weight excluding hydrogens is 212 g/mol. The third-order valence-corrected chi connectivity index (χ3v) is 4.19. The molecule has 0 bridgehead atoms. The van der Waals surface area contributed by atoms with E-state index in [0.717, 1.165) is 5.69 Å². The first kappa shape index (κ1) is 10.4. The van der Waals surface area contributed by atoms with Crippen molar-refractivity contribution in [3.63, 3.8) is 0 Å². The minimum atomic E-state index is -3.14. The van der Waals surface area contributed by atoms with Gasteiger partial charge in [-0.25, -0.2) is 8.42 Å². The van der Waals surface area contributed by atoms with E-state index in [1.165, 1.54) is 4.31 Å². The van der Waals surface area contributed by atoms with E-state index in [4.69, 9.17) is 0 Å². The molecule has 15 heavy (non-hydrogen) atoms. The molecule has 1 N–H and O–H groups in total. The number of para-hydroxylation sites is 1. The van der Waals surface area contributed by atoms with Gasteiger partial charge in [0.2, 0.25) is 10.0 Å². The van der Waals surface area contributed by atoms with Gasteiger partial charge in [-0.05, 0) is 12.1 Å². The zero-order valence-corrected chi connectivity index (χ0v) is 9.20. The number of hydrogen-bond acceptors (Lipinski definition) is 3. The van der Waals surface area contributed by atoms with Gasteiger partial charge < -0.3 is 5.32 Å². The fourth-order valence-corrected chi connectivity index (χ4v) is 3.08. The second-order valence-electron chi connectivity index (χ2n) is 3.47. The third kappa shape index (κ3) is 2.30. The maximum absolute atomic E-state index is 11.9. The van der Waals surface area contributed by atoms with Crippen LogP contribution >= 0.6 is 0 Å². The molecule has 1 fully saturated rings. The minimum absolute atomic E-state index is 0.169. The van der Waals surface area contributed by atoms with Crippen molar-refractivity contribution >= 4 is 15.7 Å². The van der Waals surface area contributed by atoms with Crippen LogP contribution in [0.25, 0.3) is 0 Å². The molecule has 0 aliphatic carbocycles. The molecule has 1 aromatic rings. The van der Waals surface area contributed by atoms with E-state index in [-0.39, 0.29) is 5.75 Å². The molecule has 1 aliphatic heterocycles. The summed E-state index contributed by atoms with van der Waals surface area (Å²) < 4.78 is 25.3. The fourth-order valence-electron chi connectivity index (χ4n) is 1.64. The molecule has 0 saturated carbocycles. The van der Waals surface area contributed by atoms with Gasteiger partial charge in [-0.15, -0.1) is 0 Å². The van der Waals surface area contributed by atoms with Gasteiger partial charge in [0, 0.05) is 19.6 Å². The van der Waals surface area contributed by atoms with Crippen LogP contribution < -0.4 is 9.62 Å². The number of rotatable bonds is 1. The van der Waals surface area contributed by atoms with Crippen LogP contribution in [0.3, 0.4) is 0 Å². The maximum Gasteiger partial charge on any atom is 0.236 e. The SMILES string of the molecule is O=S1(=O)CCNCCN1c1ccccc1. The summed E-state index contributed by atoms with van der Waals surface area (Å²) in [5.74, 6) is 0.169. The van der Waals surface area contributed by atoms with Gasteiger partial charge in [-0.2, -0.15) is 0 Å². The Labute approximate surface area is 90.0 Å². The van der Waals surface area contributed by atoms with Gasteiger partial charge in [-0.3, -0.25) is 4.31 Å². The summed E-state index contributed by atoms with van der Waals surface area (Å²) in [4.78, 5) is 0. The molecule has 82 valence electrons. The molecule has 1 aliphatic rings. The molecule has 5 heteroatoms. The summed E-state index contributed by atoms with van der Waals surface area (Å²) in [6.45, 7) is 1.74. The number of nitrogens with zero attached hydrogens (tertiary/aromatic N) is 1. The van der Waals surface area contributed by atoms with E-state index >= 15 is 0 Å². The Hall–Kier alpha value is -1.07. The first-order chi connectivity index (χ1) is 7.20. The average molecular weight is 226 g/mol. The molecule has 2 rings (SSSR count). The minimum Gasteiger partial charge on any atom is -0.314 e. The highest BCUT2D eigenvalue weighted by Crippen LogP contribution is 2.17. The van der Waals surface area contributed by atoms with Gasteiger partial charge in [-0.1, -0.05) is 18.2 Å². The highest BCUT2D eigenvalue weighted by Gasteiger charge is 2.23. The molecule has 0 atom stereocenters. The van der Waals surface area contributed by atoms with Gasteiger partial charge >= 0.3 is 0 Å². The van der Waals surface area contributed by atoms with Gasteiger partial charge in [0.25, 0.3) is 0 Å². The Morgan fingerprint density at radius 2 is 1.87 bits per heavy atom. The summed E-state index contributed by atoms with van der Waals surface area (Å²) in [5.41, 5.74) is 0.751. The average Bonchev–Trinajstić information content (AvgIpc) is 2.40. The number of hydrogen-bond donors (Lipinski definition) is 1. The Morgan fingerprint density at radius 1 is 1.13 bits per heavy atom. The first-order valence-electron chi connectivity index (χ1n) is 4.96. The summed E-state index contributed by atoms with van der Waals surface area (Å²) >= 11 is 0. The van der Waals surface area contributed by atoms with Crippen molar-refractivity contribution in [2.24, 2.45) is 0 Å². The molecule has 1 heterocycles. The Morgan fingerprint density at radius 3 is 2.60 bits per heavy atom. The maximum atomic E-state index is 11.9. The van der Waals surface area contributed by atoms with Crippen molar-refractivity contribution in [1.29, 1.82) is 0 Å². The van der Waals surface area contributed by atoms with Crippen LogP contribution in [-0.4, -0.2) is 33.8 Å². The van der Waals surface area contributed by atoms with Crippen molar-refractivity contribution in [1.82, 2.24) is 5.32 Å². The van der Waals surface area contributed by atoms with E-state index in [1.54, 1.807) is 0 Å². The van der Waals surface area contributed by atoms with Crippen molar-refractivity contribution in [3.8, 4) is 0 Å². The van der Waals surface area contributed by atoms with Crippen LogP contribution in [0.4, 0.5) is 5.69 Å². The smallest absolute Gasteiger partial charge is 0.236 e. The third-order valence-electron chi connectivity index (χ3n) is 2.41. The predicted molar refractivity (Wildman–Crippen MR) is 60.4 cm³/mol. The van der Waals surface area contributed by atoms with E-state index < -0.39 is 10.0 Å². The lowest BCUT2D eigenvalue weighted by Gasteiger charge is -2.21. The zero-order chi connectivity index (χ0) is 10.7. The van der Waals surface area contributed by atoms with Crippen molar-refractivity contribution in [2.45, 2.75) is 0 Å². The largest absolute Gasteiger partial charge is 0.314 e. The van der Waals surface area contributed by atoms with E-state index in [1.807, 2.05) is 30.3 Å². The van der Waals surface area contributed by atoms with Crippen molar-refractivity contribution in [3.05, 3.63) is 30.3 Å². The lowest BCUT2D eigenvalue weighted by molar-refractivity contribution is 0.594. The normalized spacial score (nSPS) is 20.9. The summed E-state index contributed by atoms with van der Waals surface area (Å²) in [6, 6.07) is 9.23. The number of benzene rings is 1. The van der Waals surface area contributed by atoms with Crippen LogP contribution in [-0.2, 0) is 10.0 Å². The monoisotopic (exact) mass is 226 g/mol. The standard InChI is InChI=1S/C10H14N2O2S/c13-15(14)9-7-11-6-8-12(15)10-4-2-1-3-5-10/h1-5,11H,6-9H2. The molecule has 0 aromatic heterocycles. The Balaban J connectivity index is 2.34. The highest BCUT2D eigenvalue weighted by molar-refractivity contribution is 7.92. The topological polar surface area (TPSA) is 49.4 Å². The number of nitrogens with one attached hydrogen (secondary N) is 1. The van der Waals surface area contributed by atoms with Gasteiger partial charge in [0.05, 0.1) is 11.4 Å². The van der Waals surface area contributed by atoms with Crippen LogP contribution in [0.15, 0.2) is 30.3 Å². The second-order valence-corrected chi connectivity index (χ2v) is 5.49. The van der Waals surface area contributed by atoms with Gasteiger partial charge in [0.1, 0.15) is 0 Å². The van der Waals surface area contributed by atoms with Crippen molar-refractivity contribution in [2.75, 3.05) is 29.7 Å². The first-order valence-corrected chi connectivity index (χ1v) is 6.57. The fraction of sp³-hybridized carbons (Fsp3) is 0.400. The number of anilines is 1. The Kier molecular flexibility index (Phi) is 2.93. The Bertz CT molecular complexity index is 416. The molecule has 0 unspecified atom stereocenters. The van der Waals surface area contributed by atoms with E-state index in [9.17, 15) is 8.42 Å². The molecule has 0 amide bonds. The van der Waals surface area contributed by atoms with Gasteiger partial charge in [0.15, 0.2) is 0 Å². The second kappa shape index (κ2) is 4.20. The summed E-state index contributed by atoms with van der Waals surface area (Å²) in [5, 5.41) is 3.08. The molecular formula is C10H14N2O2S. The predicted octanol–water partition coefficient (Wildman–Crippen LogP) is 0.426. The lowest BCUT2D eigenvalue weighted by Crippen LogP contribution is -2.33. The van der Waals surface area contributed by atoms with Crippen molar-refractivity contribution < 1.29 is 8.42 Å². The summed E-state index contributed by atoms with van der Waals surface area (Å²) in [6.07, 6.45) is 0. The van der Waals surface area contributed by atoms with Crippen LogP contribution in [0.5, 0.6) is 0 Å². The van der Waals surface area contributed by atoms with Crippen LogP contribution in [0.2, 0.25) is 0 Å². The number of sulfonamides is 1. The molecule has 0 radical (unpaired) electrons. The summed E-state index contributed by atoms with van der Waals surface area (Å²) in [7, 11) is -3.14. The highest BCUT2D eigenvalue weighted by atomic mass is 32.2. The molecule has 0 spiro atoms. The van der Waals surface area contributed by atoms with Crippen LogP contribution in [0.1, 0.15) is 0 Å². The molecule has 4 nitrogen and oxygen atoms in total. The molecule has 1 saturated heterocycles. The quantitative estimate of drug-likeness (QED) is 0.755. The zero-order valence-electron chi connectivity index (χ0n) is 8.39. The lowest BCUT2D eigenvalue weighted by atomic mass is 10.3. The van der Waals surface area contributed by atoms with Crippen LogP contribution in [0, 0.1) is 0 Å². The van der Waals surface area contributed by atoms with E-state index in [0.29, 0.717) is 19.6 Å². The van der Waals surface area contributed by atoms with E-state index in [2.05, 4.69) is 5.32 Å².